The van der Waals surface area contributed by atoms with Crippen LogP contribution in [0, 0.1) is 6.92 Å². The molecule has 9 heteroatoms. The van der Waals surface area contributed by atoms with Crippen molar-refractivity contribution >= 4 is 29.3 Å². The molecule has 1 heterocycles. The Morgan fingerprint density at radius 1 is 1.12 bits per heavy atom. The van der Waals surface area contributed by atoms with E-state index in [9.17, 15) is 4.79 Å². The highest BCUT2D eigenvalue weighted by Gasteiger charge is 2.12. The molecule has 0 radical (unpaired) electrons. The highest BCUT2D eigenvalue weighted by atomic mass is 35.5. The zero-order valence-electron chi connectivity index (χ0n) is 18.4. The van der Waals surface area contributed by atoms with Crippen molar-refractivity contribution in [2.24, 2.45) is 0 Å². The van der Waals surface area contributed by atoms with E-state index >= 15 is 0 Å². The van der Waals surface area contributed by atoms with Gasteiger partial charge in [-0.25, -0.2) is 0 Å². The van der Waals surface area contributed by atoms with Gasteiger partial charge in [0.05, 0.1) is 19.9 Å². The Morgan fingerprint density at radius 3 is 2.69 bits per heavy atom. The molecule has 32 heavy (non-hydrogen) atoms. The summed E-state index contributed by atoms with van der Waals surface area (Å²) >= 11 is 7.70. The Kier molecular flexibility index (Phi) is 8.81. The second-order valence-electron chi connectivity index (χ2n) is 7.09. The lowest BCUT2D eigenvalue weighted by molar-refractivity contribution is -0.121. The van der Waals surface area contributed by atoms with Gasteiger partial charge in [0.25, 0.3) is 0 Å². The van der Waals surface area contributed by atoms with Gasteiger partial charge in [-0.15, -0.1) is 10.2 Å². The van der Waals surface area contributed by atoms with Crippen molar-refractivity contribution in [3.8, 4) is 17.2 Å². The maximum Gasteiger partial charge on any atom is 0.220 e. The van der Waals surface area contributed by atoms with Crippen molar-refractivity contribution in [1.29, 1.82) is 0 Å². The molecular weight excluding hydrogens is 448 g/mol. The summed E-state index contributed by atoms with van der Waals surface area (Å²) in [5, 5.41) is 12.9. The van der Waals surface area contributed by atoms with Gasteiger partial charge >= 0.3 is 0 Å². The average Bonchev–Trinajstić information content (AvgIpc) is 3.16. The lowest BCUT2D eigenvalue weighted by Gasteiger charge is -2.10. The summed E-state index contributed by atoms with van der Waals surface area (Å²) < 4.78 is 12.5. The summed E-state index contributed by atoms with van der Waals surface area (Å²) in [5.41, 5.74) is 2.00. The predicted octanol–water partition coefficient (Wildman–Crippen LogP) is 4.48. The number of hydrogen-bond donors (Lipinski definition) is 1. The van der Waals surface area contributed by atoms with Crippen molar-refractivity contribution in [3.05, 3.63) is 58.9 Å². The fourth-order valence-electron chi connectivity index (χ4n) is 3.22. The van der Waals surface area contributed by atoms with E-state index in [1.807, 2.05) is 54.0 Å². The number of thioether (sulfide) groups is 1. The van der Waals surface area contributed by atoms with Crippen molar-refractivity contribution < 1.29 is 14.3 Å². The van der Waals surface area contributed by atoms with Crippen LogP contribution in [0.5, 0.6) is 11.5 Å². The zero-order chi connectivity index (χ0) is 22.9. The molecule has 0 aliphatic rings. The number of nitrogens with zero attached hydrogens (tertiary/aromatic N) is 3. The van der Waals surface area contributed by atoms with Crippen LogP contribution in [0.2, 0.25) is 5.02 Å². The number of ether oxygens (including phenoxy) is 2. The monoisotopic (exact) mass is 474 g/mol. The number of hydrogen-bond acceptors (Lipinski definition) is 6. The molecule has 2 aromatic carbocycles. The van der Waals surface area contributed by atoms with Gasteiger partial charge in [0, 0.05) is 23.7 Å². The molecule has 1 N–H and O–H groups in total. The summed E-state index contributed by atoms with van der Waals surface area (Å²) in [6, 6.07) is 13.4. The van der Waals surface area contributed by atoms with E-state index in [1.54, 1.807) is 26.0 Å². The number of aryl methyl sites for hydroxylation is 1. The first-order valence-corrected chi connectivity index (χ1v) is 11.7. The van der Waals surface area contributed by atoms with Gasteiger partial charge in [-0.05, 0) is 55.7 Å². The van der Waals surface area contributed by atoms with E-state index in [-0.39, 0.29) is 5.91 Å². The van der Waals surface area contributed by atoms with E-state index in [0.717, 1.165) is 40.8 Å². The van der Waals surface area contributed by atoms with Gasteiger partial charge in [0.15, 0.2) is 16.7 Å². The number of halogens is 1. The minimum Gasteiger partial charge on any atom is -0.493 e. The Hall–Kier alpha value is -2.71. The molecule has 3 aromatic rings. The quantitative estimate of drug-likeness (QED) is 0.326. The number of carbonyl (C=O) groups excluding carboxylic acids is 1. The first kappa shape index (κ1) is 23.9. The highest BCUT2D eigenvalue weighted by Crippen LogP contribution is 2.27. The van der Waals surface area contributed by atoms with E-state index in [2.05, 4.69) is 15.5 Å². The van der Waals surface area contributed by atoms with Crippen molar-refractivity contribution in [3.63, 3.8) is 0 Å². The van der Waals surface area contributed by atoms with Gasteiger partial charge in [-0.1, -0.05) is 35.5 Å². The van der Waals surface area contributed by atoms with E-state index in [4.69, 9.17) is 21.1 Å². The van der Waals surface area contributed by atoms with Gasteiger partial charge in [-0.3, -0.25) is 9.36 Å². The molecule has 0 spiro atoms. The molecule has 0 saturated carbocycles. The minimum absolute atomic E-state index is 0.0403. The van der Waals surface area contributed by atoms with E-state index in [0.29, 0.717) is 29.5 Å². The Bertz CT molecular complexity index is 1060. The van der Waals surface area contributed by atoms with Gasteiger partial charge in [0.1, 0.15) is 5.82 Å². The Morgan fingerprint density at radius 2 is 1.94 bits per heavy atom. The van der Waals surface area contributed by atoms with Gasteiger partial charge < -0.3 is 14.8 Å². The van der Waals surface area contributed by atoms with Crippen LogP contribution in [0.1, 0.15) is 24.2 Å². The fourth-order valence-corrected chi connectivity index (χ4v) is 4.34. The number of rotatable bonds is 11. The van der Waals surface area contributed by atoms with Gasteiger partial charge in [0.2, 0.25) is 5.91 Å². The Labute approximate surface area is 197 Å². The summed E-state index contributed by atoms with van der Waals surface area (Å²) in [4.78, 5) is 12.2. The average molecular weight is 475 g/mol. The lowest BCUT2D eigenvalue weighted by atomic mass is 10.1. The normalized spacial score (nSPS) is 10.8. The fraction of sp³-hybridized carbons (Fsp3) is 0.348. The highest BCUT2D eigenvalue weighted by molar-refractivity contribution is 7.99. The zero-order valence-corrected chi connectivity index (χ0v) is 20.0. The maximum atomic E-state index is 12.2. The third kappa shape index (κ3) is 6.40. The molecule has 0 atom stereocenters. The van der Waals surface area contributed by atoms with Crippen molar-refractivity contribution in [2.45, 2.75) is 31.3 Å². The first-order chi connectivity index (χ1) is 15.5. The molecule has 0 saturated heterocycles. The number of aromatic nitrogens is 3. The molecule has 0 aliphatic heterocycles. The topological polar surface area (TPSA) is 78.3 Å². The molecule has 0 unspecified atom stereocenters. The third-order valence-electron chi connectivity index (χ3n) is 4.82. The van der Waals surface area contributed by atoms with Crippen molar-refractivity contribution in [2.75, 3.05) is 26.5 Å². The molecule has 0 bridgehead atoms. The van der Waals surface area contributed by atoms with Crippen LogP contribution in [-0.2, 0) is 11.2 Å². The van der Waals surface area contributed by atoms with Crippen LogP contribution in [-0.4, -0.2) is 47.2 Å². The van der Waals surface area contributed by atoms with Gasteiger partial charge in [-0.2, -0.15) is 0 Å². The van der Waals surface area contributed by atoms with Crippen LogP contribution in [0.15, 0.2) is 47.6 Å². The number of carbonyl (C=O) groups is 1. The molecule has 3 rings (SSSR count). The van der Waals surface area contributed by atoms with E-state index < -0.39 is 0 Å². The molecule has 1 aromatic heterocycles. The molecule has 7 nitrogen and oxygen atoms in total. The summed E-state index contributed by atoms with van der Waals surface area (Å²) in [5.74, 6) is 2.98. The largest absolute Gasteiger partial charge is 0.493 e. The SMILES string of the molecule is COc1ccc(CCNC(=O)CCCSc2nnc(C)n2-c2cccc(Cl)c2)cc1OC. The molecule has 170 valence electrons. The predicted molar refractivity (Wildman–Crippen MR) is 127 cm³/mol. The number of benzene rings is 2. The third-order valence-corrected chi connectivity index (χ3v) is 6.08. The van der Waals surface area contributed by atoms with E-state index in [1.165, 1.54) is 0 Å². The Balaban J connectivity index is 1.42. The van der Waals surface area contributed by atoms with Crippen LogP contribution >= 0.6 is 23.4 Å². The second-order valence-corrected chi connectivity index (χ2v) is 8.58. The summed E-state index contributed by atoms with van der Waals surface area (Å²) in [7, 11) is 3.22. The minimum atomic E-state index is 0.0403. The van der Waals surface area contributed by atoms with Crippen LogP contribution in [0.3, 0.4) is 0 Å². The summed E-state index contributed by atoms with van der Waals surface area (Å²) in [6.07, 6.45) is 1.93. The maximum absolute atomic E-state index is 12.2. The molecule has 0 fully saturated rings. The second kappa shape index (κ2) is 11.8. The van der Waals surface area contributed by atoms with Crippen LogP contribution in [0.25, 0.3) is 5.69 Å². The van der Waals surface area contributed by atoms with Crippen molar-refractivity contribution in [1.82, 2.24) is 20.1 Å². The molecule has 1 amide bonds. The van der Waals surface area contributed by atoms with Crippen LogP contribution in [0.4, 0.5) is 0 Å². The first-order valence-electron chi connectivity index (χ1n) is 10.3. The number of nitrogens with one attached hydrogen (secondary N) is 1. The number of methoxy groups -OCH3 is 2. The lowest BCUT2D eigenvalue weighted by Crippen LogP contribution is -2.25. The smallest absolute Gasteiger partial charge is 0.220 e. The standard InChI is InChI=1S/C23H27ClN4O3S/c1-16-26-27-23(28(16)19-7-4-6-18(24)15-19)32-13-5-8-22(29)25-12-11-17-9-10-20(30-2)21(14-17)31-3/h4,6-7,9-10,14-15H,5,8,11-13H2,1-3H3,(H,25,29). The number of amides is 1. The molecular formula is C23H27ClN4O3S. The molecule has 0 aliphatic carbocycles. The van der Waals surface area contributed by atoms with Crippen LogP contribution < -0.4 is 14.8 Å². The summed E-state index contributed by atoms with van der Waals surface area (Å²) in [6.45, 7) is 2.48.